The van der Waals surface area contributed by atoms with E-state index in [1.807, 2.05) is 18.2 Å². The Balaban J connectivity index is 1.39. The predicted octanol–water partition coefficient (Wildman–Crippen LogP) is 5.30. The quantitative estimate of drug-likeness (QED) is 0.139. The Bertz CT molecular complexity index is 1610. The zero-order chi connectivity index (χ0) is 31.6. The first-order valence-corrected chi connectivity index (χ1v) is 14.2. The number of nitrogens with one attached hydrogen (secondary N) is 3. The van der Waals surface area contributed by atoms with Crippen molar-refractivity contribution in [1.82, 2.24) is 16.1 Å². The molecule has 0 fully saturated rings. The SMILES string of the molecule is CCOC(=O)C1=C(C)NC(=O)N[C@H]1c1ccc(OCC(=O)N/N=C/c2cc(Cl)ccc2OCc2ccccc2Cl)c(OC)c1. The topological polar surface area (TPSA) is 137 Å². The van der Waals surface area contributed by atoms with Gasteiger partial charge < -0.3 is 29.6 Å². The summed E-state index contributed by atoms with van der Waals surface area (Å²) in [6, 6.07) is 16.0. The van der Waals surface area contributed by atoms with Crippen LogP contribution in [0.15, 0.2) is 77.0 Å². The molecule has 3 aromatic rings. The second-order valence-corrected chi connectivity index (χ2v) is 10.2. The van der Waals surface area contributed by atoms with Crippen molar-refractivity contribution in [2.24, 2.45) is 5.10 Å². The Labute approximate surface area is 264 Å². The molecule has 44 heavy (non-hydrogen) atoms. The number of hydrogen-bond acceptors (Lipinski definition) is 8. The monoisotopic (exact) mass is 640 g/mol. The number of methoxy groups -OCH3 is 1. The van der Waals surface area contributed by atoms with Crippen molar-refractivity contribution in [2.45, 2.75) is 26.5 Å². The summed E-state index contributed by atoms with van der Waals surface area (Å²) in [4.78, 5) is 37.3. The van der Waals surface area contributed by atoms with Crippen LogP contribution in [-0.4, -0.2) is 44.4 Å². The first-order chi connectivity index (χ1) is 21.2. The van der Waals surface area contributed by atoms with Crippen LogP contribution in [0.25, 0.3) is 0 Å². The highest BCUT2D eigenvalue weighted by atomic mass is 35.5. The van der Waals surface area contributed by atoms with Crippen LogP contribution in [0.5, 0.6) is 17.2 Å². The second kappa shape index (κ2) is 15.1. The molecule has 13 heteroatoms. The van der Waals surface area contributed by atoms with Crippen molar-refractivity contribution in [3.05, 3.63) is 98.7 Å². The number of hydrogen-bond donors (Lipinski definition) is 3. The molecule has 11 nitrogen and oxygen atoms in total. The summed E-state index contributed by atoms with van der Waals surface area (Å²) < 4.78 is 22.2. The van der Waals surface area contributed by atoms with Gasteiger partial charge in [0, 0.05) is 26.9 Å². The van der Waals surface area contributed by atoms with Gasteiger partial charge in [0.15, 0.2) is 18.1 Å². The zero-order valence-corrected chi connectivity index (χ0v) is 25.6. The second-order valence-electron chi connectivity index (χ2n) is 9.35. The van der Waals surface area contributed by atoms with E-state index in [1.54, 1.807) is 56.3 Å². The van der Waals surface area contributed by atoms with E-state index in [0.29, 0.717) is 32.6 Å². The van der Waals surface area contributed by atoms with Crippen LogP contribution < -0.4 is 30.3 Å². The minimum absolute atomic E-state index is 0.177. The average Bonchev–Trinajstić information content (AvgIpc) is 3.00. The normalized spacial score (nSPS) is 14.5. The molecule has 1 aliphatic heterocycles. The number of hydrazone groups is 1. The molecule has 0 saturated carbocycles. The van der Waals surface area contributed by atoms with Gasteiger partial charge in [0.05, 0.1) is 31.5 Å². The Morgan fingerprint density at radius 3 is 2.55 bits per heavy atom. The first kappa shape index (κ1) is 32.2. The fourth-order valence-corrected chi connectivity index (χ4v) is 4.65. The van der Waals surface area contributed by atoms with Crippen LogP contribution in [0.3, 0.4) is 0 Å². The van der Waals surface area contributed by atoms with Gasteiger partial charge in [-0.25, -0.2) is 15.0 Å². The van der Waals surface area contributed by atoms with Crippen molar-refractivity contribution >= 4 is 47.3 Å². The molecular weight excluding hydrogens is 611 g/mol. The van der Waals surface area contributed by atoms with Crippen molar-refractivity contribution in [3.8, 4) is 17.2 Å². The number of halogens is 2. The molecule has 0 aliphatic carbocycles. The summed E-state index contributed by atoms with van der Waals surface area (Å²) in [6.07, 6.45) is 1.41. The molecule has 230 valence electrons. The molecule has 0 spiro atoms. The third-order valence-electron chi connectivity index (χ3n) is 6.35. The number of esters is 1. The van der Waals surface area contributed by atoms with Crippen LogP contribution >= 0.6 is 23.2 Å². The van der Waals surface area contributed by atoms with E-state index < -0.39 is 23.9 Å². The maximum absolute atomic E-state index is 12.6. The number of carbonyl (C=O) groups is 3. The lowest BCUT2D eigenvalue weighted by molar-refractivity contribution is -0.139. The van der Waals surface area contributed by atoms with Crippen molar-refractivity contribution in [3.63, 3.8) is 0 Å². The molecule has 0 radical (unpaired) electrons. The molecule has 0 aromatic heterocycles. The van der Waals surface area contributed by atoms with Gasteiger partial charge in [-0.05, 0) is 55.8 Å². The average molecular weight is 642 g/mol. The number of amides is 3. The summed E-state index contributed by atoms with van der Waals surface area (Å²) >= 11 is 12.4. The molecule has 3 N–H and O–H groups in total. The van der Waals surface area contributed by atoms with E-state index in [9.17, 15) is 14.4 Å². The van der Waals surface area contributed by atoms with E-state index in [1.165, 1.54) is 13.3 Å². The summed E-state index contributed by atoms with van der Waals surface area (Å²) in [5.41, 5.74) is 4.95. The van der Waals surface area contributed by atoms with Gasteiger partial charge >= 0.3 is 12.0 Å². The lowest BCUT2D eigenvalue weighted by atomic mass is 9.95. The number of carbonyl (C=O) groups excluding carboxylic acids is 3. The molecule has 0 saturated heterocycles. The Morgan fingerprint density at radius 1 is 1.02 bits per heavy atom. The van der Waals surface area contributed by atoms with Crippen molar-refractivity contribution in [2.75, 3.05) is 20.3 Å². The number of benzene rings is 3. The Hall–Kier alpha value is -4.74. The number of nitrogens with zero attached hydrogens (tertiary/aromatic N) is 1. The van der Waals surface area contributed by atoms with Crippen LogP contribution in [0, 0.1) is 0 Å². The summed E-state index contributed by atoms with van der Waals surface area (Å²) in [5.74, 6) is -0.0573. The van der Waals surface area contributed by atoms with Gasteiger partial charge in [0.1, 0.15) is 12.4 Å². The van der Waals surface area contributed by atoms with Gasteiger partial charge in [-0.3, -0.25) is 4.79 Å². The Morgan fingerprint density at radius 2 is 1.80 bits per heavy atom. The zero-order valence-electron chi connectivity index (χ0n) is 24.1. The molecule has 0 bridgehead atoms. The molecule has 3 amide bonds. The fraction of sp³-hybridized carbons (Fsp3) is 0.226. The van der Waals surface area contributed by atoms with E-state index in [0.717, 1.165) is 5.56 Å². The molecular formula is C31H30Cl2N4O7. The first-order valence-electron chi connectivity index (χ1n) is 13.4. The molecule has 1 aliphatic rings. The number of allylic oxidation sites excluding steroid dienone is 1. The number of rotatable bonds is 12. The summed E-state index contributed by atoms with van der Waals surface area (Å²) in [5, 5.41) is 10.4. The minimum atomic E-state index is -0.784. The van der Waals surface area contributed by atoms with Crippen LogP contribution in [-0.2, 0) is 20.9 Å². The third kappa shape index (κ3) is 8.21. The fourth-order valence-electron chi connectivity index (χ4n) is 4.28. The van der Waals surface area contributed by atoms with Crippen molar-refractivity contribution in [1.29, 1.82) is 0 Å². The van der Waals surface area contributed by atoms with Gasteiger partial charge in [0.2, 0.25) is 0 Å². The smallest absolute Gasteiger partial charge is 0.338 e. The van der Waals surface area contributed by atoms with E-state index in [4.69, 9.17) is 42.1 Å². The predicted molar refractivity (Wildman–Crippen MR) is 165 cm³/mol. The lowest BCUT2D eigenvalue weighted by Gasteiger charge is -2.28. The van der Waals surface area contributed by atoms with Crippen LogP contribution in [0.2, 0.25) is 10.0 Å². The van der Waals surface area contributed by atoms with Gasteiger partial charge in [-0.15, -0.1) is 0 Å². The third-order valence-corrected chi connectivity index (χ3v) is 6.95. The largest absolute Gasteiger partial charge is 0.493 e. The molecule has 4 rings (SSSR count). The molecule has 0 unspecified atom stereocenters. The maximum Gasteiger partial charge on any atom is 0.338 e. The lowest BCUT2D eigenvalue weighted by Crippen LogP contribution is -2.45. The van der Waals surface area contributed by atoms with Gasteiger partial charge in [-0.2, -0.15) is 5.10 Å². The van der Waals surface area contributed by atoms with Crippen LogP contribution in [0.1, 0.15) is 36.6 Å². The Kier molecular flexibility index (Phi) is 11.1. The summed E-state index contributed by atoms with van der Waals surface area (Å²) in [7, 11) is 1.43. The highest BCUT2D eigenvalue weighted by Gasteiger charge is 2.32. The highest BCUT2D eigenvalue weighted by molar-refractivity contribution is 6.31. The molecule has 1 atom stereocenters. The van der Waals surface area contributed by atoms with Crippen LogP contribution in [0.4, 0.5) is 4.79 Å². The number of urea groups is 1. The molecule has 1 heterocycles. The van der Waals surface area contributed by atoms with E-state index in [-0.39, 0.29) is 36.9 Å². The van der Waals surface area contributed by atoms with Crippen molar-refractivity contribution < 1.29 is 33.3 Å². The van der Waals surface area contributed by atoms with Gasteiger partial charge in [0.25, 0.3) is 5.91 Å². The standard InChI is InChI=1S/C31H30Cl2N4O7/c1-4-42-30(39)28-18(2)35-31(40)36-29(28)19-9-11-25(26(14-19)41-3)44-17-27(38)37-34-15-21-13-22(32)10-12-24(21)43-16-20-7-5-6-8-23(20)33/h5-15,29H,4,16-17H2,1-3H3,(H,37,38)(H2,35,36,40)/b34-15+/t29-/m0/s1. The highest BCUT2D eigenvalue weighted by Crippen LogP contribution is 2.34. The summed E-state index contributed by atoms with van der Waals surface area (Å²) in [6.45, 7) is 3.34. The minimum Gasteiger partial charge on any atom is -0.493 e. The number of ether oxygens (including phenoxy) is 4. The van der Waals surface area contributed by atoms with Gasteiger partial charge in [-0.1, -0.05) is 47.5 Å². The molecule has 3 aromatic carbocycles. The maximum atomic E-state index is 12.6. The van der Waals surface area contributed by atoms with E-state index in [2.05, 4.69) is 21.2 Å². The van der Waals surface area contributed by atoms with E-state index >= 15 is 0 Å².